The predicted octanol–water partition coefficient (Wildman–Crippen LogP) is 0.956. The van der Waals surface area contributed by atoms with Gasteiger partial charge in [0, 0.05) is 36.2 Å². The second-order valence-electron chi connectivity index (χ2n) is 4.48. The molecule has 2 radical (unpaired) electrons. The Morgan fingerprint density at radius 3 is 1.54 bits per heavy atom. The van der Waals surface area contributed by atoms with E-state index >= 15 is 0 Å². The number of nitrogen functional groups attached to an aromatic ring is 1. The third-order valence-corrected chi connectivity index (χ3v) is 2.68. The van der Waals surface area contributed by atoms with Crippen molar-refractivity contribution in [3.05, 3.63) is 65.1 Å². The molecular weight excluding hydrogens is 840 g/mol. The number of nitrogens with zero attached hydrogens (tertiary/aromatic N) is 5. The van der Waals surface area contributed by atoms with Crippen molar-refractivity contribution in [2.24, 2.45) is 11.5 Å². The van der Waals surface area contributed by atoms with E-state index in [9.17, 15) is 4.79 Å². The molecule has 3 heterocycles. The second-order valence-corrected chi connectivity index (χ2v) is 5.59. The minimum Gasteiger partial charge on any atom is 1.00 e. The van der Waals surface area contributed by atoms with Gasteiger partial charge in [-0.1, -0.05) is 55.4 Å². The number of hydrogen-bond acceptors (Lipinski definition) is 8. The van der Waals surface area contributed by atoms with Gasteiger partial charge in [0.1, 0.15) is 6.33 Å². The average Bonchev–Trinajstić information content (AvgIpc) is 3.42. The average molecular weight is 888 g/mol. The molecule has 3 aromatic heterocycles. The smallest absolute Gasteiger partial charge is 1.00 e. The van der Waals surface area contributed by atoms with Crippen LogP contribution in [0.2, 0.25) is 0 Å². The van der Waals surface area contributed by atoms with Crippen molar-refractivity contribution >= 4 is 73.1 Å². The van der Waals surface area contributed by atoms with Gasteiger partial charge in [0.2, 0.25) is 5.95 Å². The SMILES string of the molecule is CC.CC.CC.CC.C[O-].Cc1ccnc(=O)[nH]1.Cc1ccnc(N)n1.In1ccnc1.N=C(N)N.[In][I].[Na+]. The Morgan fingerprint density at radius 1 is 0.949 bits per heavy atom. The molecule has 39 heavy (non-hydrogen) atoms. The number of aromatic nitrogens is 6. The molecule has 220 valence electrons. The third-order valence-electron chi connectivity index (χ3n) is 2.11. The molecule has 0 aromatic carbocycles. The summed E-state index contributed by atoms with van der Waals surface area (Å²) >= 11 is 5.73. The molecule has 0 aliphatic heterocycles. The molecule has 0 fully saturated rings. The molecule has 3 rings (SSSR count). The zero-order valence-electron chi connectivity index (χ0n) is 25.7. The fourth-order valence-electron chi connectivity index (χ4n) is 1.17. The standard InChI is InChI=1S/C5H7N3.C5H6N2O.C3H3IN2.4C2H6.CH5N3.CH3O.HI.In.Na/c1-4-2-3-7-5(6)8-4;1-4-2-3-6-5(8)7-4;4-6-2-1-5-3-6;4*1-2;2-1(3)4;1-2;;;/h2-3H,1H3,(H2,6,7,8);2-3H,1H3,(H,6,7,8);1-3H;4*1-2H3;(H5,2,3,4);1H3;1H;;/q;;;;;;;;-1;;2*+1/p-1. The molecule has 0 amide bonds. The summed E-state index contributed by atoms with van der Waals surface area (Å²) in [5.41, 5.74) is 15.6. The zero-order valence-corrected chi connectivity index (χ0v) is 35.3. The van der Waals surface area contributed by atoms with E-state index in [1.807, 2.05) is 78.2 Å². The predicted molar refractivity (Wildman–Crippen MR) is 180 cm³/mol. The summed E-state index contributed by atoms with van der Waals surface area (Å²) in [6.07, 6.45) is 8.47. The molecule has 0 bridgehead atoms. The van der Waals surface area contributed by atoms with Gasteiger partial charge in [0.25, 0.3) is 0 Å². The molecule has 0 saturated heterocycles. The molecule has 0 saturated carbocycles. The Morgan fingerprint density at radius 2 is 1.36 bits per heavy atom. The topological polar surface area (TPSA) is 214 Å². The summed E-state index contributed by atoms with van der Waals surface area (Å²) in [4.78, 5) is 27.6. The van der Waals surface area contributed by atoms with Gasteiger partial charge in [-0.3, -0.25) is 8.19 Å². The Labute approximate surface area is 296 Å². The molecule has 0 aliphatic carbocycles. The first-order chi connectivity index (χ1) is 18.2. The van der Waals surface area contributed by atoms with Crippen LogP contribution in [0.3, 0.4) is 0 Å². The van der Waals surface area contributed by atoms with E-state index in [0.717, 1.165) is 18.5 Å². The summed E-state index contributed by atoms with van der Waals surface area (Å²) in [5.74, 6) is 0.00463. The Balaban J connectivity index is -0.0000000489. The molecule has 0 spiro atoms. The minimum atomic E-state index is -0.333. The van der Waals surface area contributed by atoms with Gasteiger partial charge < -0.3 is 27.3 Å². The van der Waals surface area contributed by atoms with Crippen LogP contribution >= 0.6 is 41.0 Å². The van der Waals surface area contributed by atoms with Gasteiger partial charge >= 0.3 is 73.6 Å². The van der Waals surface area contributed by atoms with E-state index in [4.69, 9.17) is 16.2 Å². The van der Waals surface area contributed by atoms with Crippen LogP contribution in [0.4, 0.5) is 5.95 Å². The quantitative estimate of drug-likeness (QED) is 0.0940. The number of aromatic amines is 1. The maximum Gasteiger partial charge on any atom is 1.00 e. The van der Waals surface area contributed by atoms with E-state index < -0.39 is 0 Å². The number of aryl methyl sites for hydroxylation is 2. The number of rotatable bonds is 0. The molecule has 0 aliphatic rings. The Hall–Kier alpha value is -0.470. The minimum absolute atomic E-state index is 0. The van der Waals surface area contributed by atoms with Crippen molar-refractivity contribution < 1.29 is 34.7 Å². The van der Waals surface area contributed by atoms with Crippen LogP contribution in [0.15, 0.2) is 48.0 Å². The van der Waals surface area contributed by atoms with Gasteiger partial charge in [0.15, 0.2) is 5.96 Å². The summed E-state index contributed by atoms with van der Waals surface area (Å²) in [6.45, 7) is 19.7. The van der Waals surface area contributed by atoms with Gasteiger partial charge in [-0.2, -0.15) is 7.11 Å². The number of hydrogen-bond donors (Lipinski definition) is 5. The van der Waals surface area contributed by atoms with Crippen molar-refractivity contribution in [1.82, 2.24) is 27.7 Å². The van der Waals surface area contributed by atoms with Crippen LogP contribution in [0, 0.1) is 19.3 Å². The van der Waals surface area contributed by atoms with Gasteiger partial charge in [-0.15, -0.1) is 0 Å². The molecular formula is C23H48I2InN10NaO2. The maximum atomic E-state index is 10.3. The van der Waals surface area contributed by atoms with Crippen molar-refractivity contribution in [3.63, 3.8) is 0 Å². The number of halogens is 2. The van der Waals surface area contributed by atoms with E-state index in [1.165, 1.54) is 26.4 Å². The number of anilines is 1. The number of imidazole rings is 1. The first-order valence-electron chi connectivity index (χ1n) is 11.6. The van der Waals surface area contributed by atoms with Crippen molar-refractivity contribution in [1.29, 1.82) is 5.41 Å². The molecule has 0 atom stereocenters. The number of nitrogens with one attached hydrogen (secondary N) is 2. The molecule has 0 unspecified atom stereocenters. The summed E-state index contributed by atoms with van der Waals surface area (Å²) in [7, 11) is 0.750. The summed E-state index contributed by atoms with van der Waals surface area (Å²) in [5, 5.41) is 14.3. The largest absolute Gasteiger partial charge is 1.00 e. The number of H-pyrrole nitrogens is 1. The molecule has 8 N–H and O–H groups in total. The number of guanidine groups is 1. The molecule has 3 aromatic rings. The maximum absolute atomic E-state index is 10.3. The number of nitrogens with two attached hydrogens (primary N) is 3. The van der Waals surface area contributed by atoms with E-state index in [-0.39, 0.29) is 41.2 Å². The third kappa shape index (κ3) is 67.3. The van der Waals surface area contributed by atoms with Crippen molar-refractivity contribution in [3.8, 4) is 0 Å². The van der Waals surface area contributed by atoms with Crippen LogP contribution < -0.4 is 57.6 Å². The van der Waals surface area contributed by atoms with Crippen molar-refractivity contribution in [2.75, 3.05) is 12.8 Å². The first-order valence-corrected chi connectivity index (χ1v) is 22.2. The first kappa shape index (κ1) is 58.2. The summed E-state index contributed by atoms with van der Waals surface area (Å²) in [6, 6.07) is 3.54. The zero-order chi connectivity index (χ0) is 31.9. The van der Waals surface area contributed by atoms with Crippen LogP contribution in [0.5, 0.6) is 0 Å². The van der Waals surface area contributed by atoms with Crippen LogP contribution in [0.25, 0.3) is 0 Å². The van der Waals surface area contributed by atoms with Gasteiger partial charge in [-0.05, 0) is 26.0 Å². The van der Waals surface area contributed by atoms with E-state index in [0.29, 0.717) is 5.95 Å². The monoisotopic (exact) mass is 888 g/mol. The van der Waals surface area contributed by atoms with E-state index in [2.05, 4.69) is 77.4 Å². The Kier molecular flexibility index (Phi) is 85.7. The normalized spacial score (nSPS) is 6.62. The fraction of sp³-hybridized carbons (Fsp3) is 0.478. The second kappa shape index (κ2) is 57.4. The van der Waals surface area contributed by atoms with Crippen LogP contribution in [0.1, 0.15) is 66.8 Å². The van der Waals surface area contributed by atoms with Gasteiger partial charge in [-0.25, -0.2) is 24.7 Å². The Bertz CT molecular complexity index is 826. The van der Waals surface area contributed by atoms with Crippen LogP contribution in [-0.2, 0) is 0 Å². The summed E-state index contributed by atoms with van der Waals surface area (Å²) < 4.78 is 1.86. The molecule has 12 nitrogen and oxygen atoms in total. The fourth-order valence-corrected chi connectivity index (χ4v) is 1.46. The van der Waals surface area contributed by atoms with E-state index in [1.54, 1.807) is 30.9 Å². The van der Waals surface area contributed by atoms with Gasteiger partial charge in [0.05, 0.1) is 22.9 Å². The van der Waals surface area contributed by atoms with Crippen molar-refractivity contribution in [2.45, 2.75) is 69.2 Å². The molecule has 16 heteroatoms. The van der Waals surface area contributed by atoms with Crippen LogP contribution in [-0.4, -0.2) is 61.0 Å².